The van der Waals surface area contributed by atoms with E-state index in [1.165, 1.54) is 308 Å². The molecule has 0 fully saturated rings. The van der Waals surface area contributed by atoms with Crippen molar-refractivity contribution in [2.45, 2.75) is 425 Å². The number of carbonyl (C=O) groups excluding carboxylic acids is 3. The van der Waals surface area contributed by atoms with Crippen LogP contribution >= 0.6 is 0 Å². The van der Waals surface area contributed by atoms with Gasteiger partial charge in [0.15, 0.2) is 6.10 Å². The second kappa shape index (κ2) is 70.4. The average molecular weight is 1140 g/mol. The highest BCUT2D eigenvalue weighted by atomic mass is 16.6. The van der Waals surface area contributed by atoms with Crippen LogP contribution in [0.1, 0.15) is 419 Å². The van der Waals surface area contributed by atoms with Gasteiger partial charge in [0.2, 0.25) is 0 Å². The van der Waals surface area contributed by atoms with Crippen LogP contribution in [-0.4, -0.2) is 37.2 Å². The molecule has 0 amide bonds. The lowest BCUT2D eigenvalue weighted by atomic mass is 10.0. The van der Waals surface area contributed by atoms with Crippen LogP contribution in [-0.2, 0) is 28.6 Å². The van der Waals surface area contributed by atoms with E-state index in [4.69, 9.17) is 14.2 Å². The number of esters is 3. The SMILES string of the molecule is CCCCC/C=C\CCCCCCCC(=O)OCC(COC(=O)CCCCCCCCCCCCCCCCCCCCCCCCCCCCCCCCCCCCC)OC(=O)CCCCCCC/C=C\CCCCCCCCC. The molecule has 0 aromatic carbocycles. The van der Waals surface area contributed by atoms with Crippen LogP contribution in [0.25, 0.3) is 0 Å². The number of unbranched alkanes of at least 4 members (excludes halogenated alkanes) is 54. The normalized spacial score (nSPS) is 12.1. The van der Waals surface area contributed by atoms with Crippen LogP contribution in [0.15, 0.2) is 24.3 Å². The summed E-state index contributed by atoms with van der Waals surface area (Å²) in [4.78, 5) is 38.3. The molecule has 0 radical (unpaired) electrons. The first kappa shape index (κ1) is 78.9. The Labute approximate surface area is 506 Å². The van der Waals surface area contributed by atoms with Crippen molar-refractivity contribution in [3.05, 3.63) is 24.3 Å². The minimum atomic E-state index is -0.777. The lowest BCUT2D eigenvalue weighted by molar-refractivity contribution is -0.167. The Morgan fingerprint density at radius 2 is 0.407 bits per heavy atom. The van der Waals surface area contributed by atoms with Crippen molar-refractivity contribution >= 4 is 17.9 Å². The summed E-state index contributed by atoms with van der Waals surface area (Å²) in [5.41, 5.74) is 0. The fourth-order valence-corrected chi connectivity index (χ4v) is 11.4. The van der Waals surface area contributed by atoms with Crippen molar-refractivity contribution in [3.63, 3.8) is 0 Å². The molecule has 0 rings (SSSR count). The molecule has 0 heterocycles. The van der Waals surface area contributed by atoms with Crippen LogP contribution in [0.5, 0.6) is 0 Å². The maximum atomic E-state index is 12.9. The Morgan fingerprint density at radius 1 is 0.235 bits per heavy atom. The molecule has 6 nitrogen and oxygen atoms in total. The summed E-state index contributed by atoms with van der Waals surface area (Å²) >= 11 is 0. The van der Waals surface area contributed by atoms with Crippen molar-refractivity contribution in [3.8, 4) is 0 Å². The molecule has 0 aliphatic rings. The molecular formula is C75H142O6. The largest absolute Gasteiger partial charge is 0.462 e. The molecule has 0 aromatic rings. The van der Waals surface area contributed by atoms with E-state index >= 15 is 0 Å². The maximum Gasteiger partial charge on any atom is 0.306 e. The van der Waals surface area contributed by atoms with Gasteiger partial charge in [-0.05, 0) is 70.6 Å². The second-order valence-electron chi connectivity index (χ2n) is 25.2. The highest BCUT2D eigenvalue weighted by molar-refractivity contribution is 5.71. The first-order valence-electron chi connectivity index (χ1n) is 36.8. The van der Waals surface area contributed by atoms with Crippen molar-refractivity contribution in [2.24, 2.45) is 0 Å². The standard InChI is InChI=1S/C75H142O6/c1-4-7-10-13-16-19-22-25-27-29-30-31-32-33-34-35-36-37-38-39-40-41-42-43-44-45-46-47-49-50-53-56-59-62-65-68-74(77)80-71-72(70-79-73(76)67-64-61-58-55-52-24-21-18-15-12-9-6-3)81-75(78)69-66-63-60-57-54-51-48-28-26-23-20-17-14-11-8-5-2/h18,21,28,48,72H,4-17,19-20,22-27,29-47,49-71H2,1-3H3/b21-18-,48-28-. The Balaban J connectivity index is 4.02. The van der Waals surface area contributed by atoms with Crippen molar-refractivity contribution in [2.75, 3.05) is 13.2 Å². The molecule has 0 N–H and O–H groups in total. The second-order valence-corrected chi connectivity index (χ2v) is 25.2. The zero-order valence-electron chi connectivity index (χ0n) is 55.1. The van der Waals surface area contributed by atoms with E-state index in [0.717, 1.165) is 70.6 Å². The van der Waals surface area contributed by atoms with Gasteiger partial charge in [0.1, 0.15) is 13.2 Å². The molecule has 81 heavy (non-hydrogen) atoms. The third-order valence-corrected chi connectivity index (χ3v) is 16.9. The highest BCUT2D eigenvalue weighted by Crippen LogP contribution is 2.19. The number of rotatable bonds is 69. The molecule has 478 valence electrons. The third kappa shape index (κ3) is 68.6. The van der Waals surface area contributed by atoms with Crippen LogP contribution in [0.3, 0.4) is 0 Å². The van der Waals surface area contributed by atoms with Crippen LogP contribution in [0.4, 0.5) is 0 Å². The fourth-order valence-electron chi connectivity index (χ4n) is 11.4. The van der Waals surface area contributed by atoms with E-state index in [0.29, 0.717) is 19.3 Å². The summed E-state index contributed by atoms with van der Waals surface area (Å²) in [6, 6.07) is 0. The summed E-state index contributed by atoms with van der Waals surface area (Å²) < 4.78 is 16.9. The number of allylic oxidation sites excluding steroid dienone is 4. The molecule has 0 aromatic heterocycles. The molecule has 6 heteroatoms. The first-order valence-corrected chi connectivity index (χ1v) is 36.8. The van der Waals surface area contributed by atoms with Crippen LogP contribution in [0, 0.1) is 0 Å². The van der Waals surface area contributed by atoms with E-state index in [1.54, 1.807) is 0 Å². The van der Waals surface area contributed by atoms with Crippen molar-refractivity contribution < 1.29 is 28.6 Å². The molecule has 0 bridgehead atoms. The van der Waals surface area contributed by atoms with Gasteiger partial charge in [-0.25, -0.2) is 0 Å². The van der Waals surface area contributed by atoms with Crippen LogP contribution in [0.2, 0.25) is 0 Å². The van der Waals surface area contributed by atoms with Crippen molar-refractivity contribution in [1.82, 2.24) is 0 Å². The minimum Gasteiger partial charge on any atom is -0.462 e. The van der Waals surface area contributed by atoms with Gasteiger partial charge in [-0.2, -0.15) is 0 Å². The topological polar surface area (TPSA) is 78.9 Å². The quantitative estimate of drug-likeness (QED) is 0.0261. The molecule has 1 atom stereocenters. The molecule has 0 aliphatic heterocycles. The molecule has 0 spiro atoms. The molecule has 1 unspecified atom stereocenters. The number of carbonyl (C=O) groups is 3. The Hall–Kier alpha value is -2.11. The van der Waals surface area contributed by atoms with Gasteiger partial charge in [0.25, 0.3) is 0 Å². The summed E-state index contributed by atoms with van der Waals surface area (Å²) in [6.45, 7) is 6.67. The molecule has 0 saturated heterocycles. The lowest BCUT2D eigenvalue weighted by Gasteiger charge is -2.18. The van der Waals surface area contributed by atoms with Gasteiger partial charge >= 0.3 is 17.9 Å². The predicted octanol–water partition coefficient (Wildman–Crippen LogP) is 25.3. The monoisotopic (exact) mass is 1140 g/mol. The molecule has 0 aliphatic carbocycles. The van der Waals surface area contributed by atoms with Gasteiger partial charge in [-0.15, -0.1) is 0 Å². The summed E-state index contributed by atoms with van der Waals surface area (Å²) in [5.74, 6) is -0.863. The fraction of sp³-hybridized carbons (Fsp3) is 0.907. The van der Waals surface area contributed by atoms with Gasteiger partial charge in [-0.1, -0.05) is 353 Å². The zero-order chi connectivity index (χ0) is 58.5. The van der Waals surface area contributed by atoms with E-state index in [-0.39, 0.29) is 31.1 Å². The zero-order valence-corrected chi connectivity index (χ0v) is 55.1. The van der Waals surface area contributed by atoms with Gasteiger partial charge < -0.3 is 14.2 Å². The summed E-state index contributed by atoms with van der Waals surface area (Å²) in [5, 5.41) is 0. The smallest absolute Gasteiger partial charge is 0.306 e. The summed E-state index contributed by atoms with van der Waals surface area (Å²) in [7, 11) is 0. The van der Waals surface area contributed by atoms with Gasteiger partial charge in [0, 0.05) is 19.3 Å². The summed E-state index contributed by atoms with van der Waals surface area (Å²) in [6.07, 6.45) is 86.8. The Kier molecular flexibility index (Phi) is 68.5. The Bertz CT molecular complexity index is 1310. The number of hydrogen-bond acceptors (Lipinski definition) is 6. The highest BCUT2D eigenvalue weighted by Gasteiger charge is 2.19. The minimum absolute atomic E-state index is 0.0724. The number of ether oxygens (including phenoxy) is 3. The van der Waals surface area contributed by atoms with E-state index in [1.807, 2.05) is 0 Å². The third-order valence-electron chi connectivity index (χ3n) is 16.9. The average Bonchev–Trinajstić information content (AvgIpc) is 3.47. The van der Waals surface area contributed by atoms with E-state index in [9.17, 15) is 14.4 Å². The van der Waals surface area contributed by atoms with E-state index in [2.05, 4.69) is 45.1 Å². The van der Waals surface area contributed by atoms with Crippen LogP contribution < -0.4 is 0 Å². The number of hydrogen-bond donors (Lipinski definition) is 0. The predicted molar refractivity (Wildman–Crippen MR) is 353 cm³/mol. The van der Waals surface area contributed by atoms with Gasteiger partial charge in [-0.3, -0.25) is 14.4 Å². The lowest BCUT2D eigenvalue weighted by Crippen LogP contribution is -2.30. The Morgan fingerprint density at radius 3 is 0.642 bits per heavy atom. The maximum absolute atomic E-state index is 12.9. The molecular weight excluding hydrogens is 997 g/mol. The van der Waals surface area contributed by atoms with Crippen molar-refractivity contribution in [1.29, 1.82) is 0 Å². The molecule has 0 saturated carbocycles. The first-order chi connectivity index (χ1) is 40.0. The van der Waals surface area contributed by atoms with E-state index < -0.39 is 6.10 Å². The van der Waals surface area contributed by atoms with Gasteiger partial charge in [0.05, 0.1) is 0 Å².